The molecule has 0 aliphatic carbocycles. The van der Waals surface area contributed by atoms with Crippen molar-refractivity contribution >= 4 is 11.8 Å². The Morgan fingerprint density at radius 2 is 1.72 bits per heavy atom. The van der Waals surface area contributed by atoms with Crippen molar-refractivity contribution in [2.75, 3.05) is 6.26 Å². The summed E-state index contributed by atoms with van der Waals surface area (Å²) in [6.45, 7) is 9.14. The van der Waals surface area contributed by atoms with Crippen LogP contribution in [-0.2, 0) is 0 Å². The summed E-state index contributed by atoms with van der Waals surface area (Å²) < 4.78 is 0. The fourth-order valence-corrected chi connectivity index (χ4v) is 2.66. The highest BCUT2D eigenvalue weighted by molar-refractivity contribution is 7.98. The van der Waals surface area contributed by atoms with Crippen LogP contribution in [-0.4, -0.2) is 12.3 Å². The average Bonchev–Trinajstić information content (AvgIpc) is 2.38. The van der Waals surface area contributed by atoms with E-state index in [0.717, 1.165) is 5.92 Å². The molecule has 1 aromatic rings. The molecule has 0 heterocycles. The summed E-state index contributed by atoms with van der Waals surface area (Å²) in [6, 6.07) is 9.89. The highest BCUT2D eigenvalue weighted by atomic mass is 32.2. The summed E-state index contributed by atoms with van der Waals surface area (Å²) in [4.78, 5) is 1.33. The topological polar surface area (TPSA) is 12.0 Å². The van der Waals surface area contributed by atoms with Gasteiger partial charge >= 0.3 is 0 Å². The van der Waals surface area contributed by atoms with Crippen molar-refractivity contribution in [2.45, 2.75) is 57.5 Å². The number of thioether (sulfide) groups is 1. The third-order valence-corrected chi connectivity index (χ3v) is 4.35. The van der Waals surface area contributed by atoms with E-state index >= 15 is 0 Å². The van der Waals surface area contributed by atoms with Gasteiger partial charge in [-0.05, 0) is 50.1 Å². The van der Waals surface area contributed by atoms with E-state index in [9.17, 15) is 0 Å². The zero-order chi connectivity index (χ0) is 13.5. The second-order valence-corrected chi connectivity index (χ2v) is 6.19. The minimum absolute atomic E-state index is 0.431. The summed E-state index contributed by atoms with van der Waals surface area (Å²) in [5.41, 5.74) is 1.38. The minimum atomic E-state index is 0.431. The molecule has 1 nitrogen and oxygen atoms in total. The Balaban J connectivity index is 2.50. The number of rotatable bonds is 7. The van der Waals surface area contributed by atoms with Gasteiger partial charge in [0, 0.05) is 17.0 Å². The zero-order valence-electron chi connectivity index (χ0n) is 12.4. The molecule has 0 saturated heterocycles. The smallest absolute Gasteiger partial charge is 0.0294 e. The predicted octanol–water partition coefficient (Wildman–Crippen LogP) is 4.88. The van der Waals surface area contributed by atoms with Crippen LogP contribution in [0.4, 0.5) is 0 Å². The zero-order valence-corrected chi connectivity index (χ0v) is 13.2. The monoisotopic (exact) mass is 265 g/mol. The predicted molar refractivity (Wildman–Crippen MR) is 83.3 cm³/mol. The van der Waals surface area contributed by atoms with E-state index in [1.54, 1.807) is 11.8 Å². The van der Waals surface area contributed by atoms with Gasteiger partial charge in [-0.3, -0.25) is 0 Å². The van der Waals surface area contributed by atoms with E-state index in [4.69, 9.17) is 0 Å². The quantitative estimate of drug-likeness (QED) is 0.705. The van der Waals surface area contributed by atoms with Gasteiger partial charge in [0.15, 0.2) is 0 Å². The average molecular weight is 265 g/mol. The van der Waals surface area contributed by atoms with Crippen LogP contribution in [0.1, 0.15) is 52.1 Å². The fraction of sp³-hybridized carbons (Fsp3) is 0.625. The van der Waals surface area contributed by atoms with E-state index in [0.29, 0.717) is 12.1 Å². The van der Waals surface area contributed by atoms with Gasteiger partial charge in [-0.15, -0.1) is 11.8 Å². The maximum Gasteiger partial charge on any atom is 0.0294 e. The Hall–Kier alpha value is -0.470. The van der Waals surface area contributed by atoms with E-state index in [-0.39, 0.29) is 0 Å². The molecule has 102 valence electrons. The molecular formula is C16H27NS. The Bertz CT molecular complexity index is 333. The summed E-state index contributed by atoms with van der Waals surface area (Å²) in [5.74, 6) is 0.804. The SMILES string of the molecule is CCC(C)CC(C)NC(C)c1ccc(SC)cc1. The van der Waals surface area contributed by atoms with Gasteiger partial charge in [-0.2, -0.15) is 0 Å². The third-order valence-electron chi connectivity index (χ3n) is 3.60. The lowest BCUT2D eigenvalue weighted by atomic mass is 9.99. The summed E-state index contributed by atoms with van der Waals surface area (Å²) in [5, 5.41) is 3.69. The highest BCUT2D eigenvalue weighted by Gasteiger charge is 2.11. The molecule has 18 heavy (non-hydrogen) atoms. The molecule has 3 unspecified atom stereocenters. The van der Waals surface area contributed by atoms with Crippen molar-refractivity contribution in [3.63, 3.8) is 0 Å². The normalized spacial score (nSPS) is 16.3. The lowest BCUT2D eigenvalue weighted by molar-refractivity contribution is 0.385. The third kappa shape index (κ3) is 5.03. The van der Waals surface area contributed by atoms with Crippen molar-refractivity contribution < 1.29 is 0 Å². The Kier molecular flexibility index (Phi) is 6.80. The van der Waals surface area contributed by atoms with Crippen LogP contribution in [0, 0.1) is 5.92 Å². The maximum absolute atomic E-state index is 3.69. The van der Waals surface area contributed by atoms with Crippen molar-refractivity contribution in [3.05, 3.63) is 29.8 Å². The lowest BCUT2D eigenvalue weighted by Gasteiger charge is -2.22. The summed E-state index contributed by atoms with van der Waals surface area (Å²) >= 11 is 1.79. The Labute approximate surface area is 117 Å². The first kappa shape index (κ1) is 15.6. The number of hydrogen-bond acceptors (Lipinski definition) is 2. The highest BCUT2D eigenvalue weighted by Crippen LogP contribution is 2.20. The van der Waals surface area contributed by atoms with Gasteiger partial charge in [0.1, 0.15) is 0 Å². The number of benzene rings is 1. The molecule has 1 aromatic carbocycles. The molecule has 0 aliphatic rings. The molecule has 1 N–H and O–H groups in total. The fourth-order valence-electron chi connectivity index (χ4n) is 2.25. The summed E-state index contributed by atoms with van der Waals surface area (Å²) in [7, 11) is 0. The largest absolute Gasteiger partial charge is 0.308 e. The van der Waals surface area contributed by atoms with Crippen LogP contribution in [0.15, 0.2) is 29.2 Å². The molecule has 0 radical (unpaired) electrons. The van der Waals surface area contributed by atoms with Gasteiger partial charge in [0.25, 0.3) is 0 Å². The molecule has 0 amide bonds. The molecule has 2 heteroatoms. The second-order valence-electron chi connectivity index (χ2n) is 5.31. The lowest BCUT2D eigenvalue weighted by Crippen LogP contribution is -2.30. The van der Waals surface area contributed by atoms with Gasteiger partial charge in [0.2, 0.25) is 0 Å². The van der Waals surface area contributed by atoms with Crippen molar-refractivity contribution in [1.29, 1.82) is 0 Å². The van der Waals surface area contributed by atoms with Crippen molar-refractivity contribution in [2.24, 2.45) is 5.92 Å². The van der Waals surface area contributed by atoms with Gasteiger partial charge < -0.3 is 5.32 Å². The van der Waals surface area contributed by atoms with Crippen molar-refractivity contribution in [3.8, 4) is 0 Å². The molecule has 0 aliphatic heterocycles. The van der Waals surface area contributed by atoms with Crippen LogP contribution >= 0.6 is 11.8 Å². The van der Waals surface area contributed by atoms with Crippen LogP contribution in [0.2, 0.25) is 0 Å². The molecule has 0 aromatic heterocycles. The van der Waals surface area contributed by atoms with Gasteiger partial charge in [0.05, 0.1) is 0 Å². The van der Waals surface area contributed by atoms with E-state index in [1.807, 2.05) is 0 Å². The van der Waals surface area contributed by atoms with Crippen LogP contribution < -0.4 is 5.32 Å². The molecule has 1 rings (SSSR count). The molecule has 0 fully saturated rings. The first-order valence-electron chi connectivity index (χ1n) is 6.96. The van der Waals surface area contributed by atoms with E-state index in [1.165, 1.54) is 23.3 Å². The number of nitrogens with one attached hydrogen (secondary N) is 1. The van der Waals surface area contributed by atoms with E-state index in [2.05, 4.69) is 63.5 Å². The Morgan fingerprint density at radius 3 is 2.22 bits per heavy atom. The molecule has 0 saturated carbocycles. The molecule has 3 atom stereocenters. The summed E-state index contributed by atoms with van der Waals surface area (Å²) in [6.07, 6.45) is 4.64. The van der Waals surface area contributed by atoms with Gasteiger partial charge in [-0.25, -0.2) is 0 Å². The van der Waals surface area contributed by atoms with Crippen LogP contribution in [0.3, 0.4) is 0 Å². The standard InChI is InChI=1S/C16H27NS/c1-6-12(2)11-13(3)17-14(4)15-7-9-16(18-5)10-8-15/h7-10,12-14,17H,6,11H2,1-5H3. The van der Waals surface area contributed by atoms with E-state index < -0.39 is 0 Å². The molecule has 0 spiro atoms. The first-order chi connectivity index (χ1) is 8.56. The maximum atomic E-state index is 3.69. The second kappa shape index (κ2) is 7.85. The molecule has 0 bridgehead atoms. The van der Waals surface area contributed by atoms with Crippen LogP contribution in [0.5, 0.6) is 0 Å². The van der Waals surface area contributed by atoms with Gasteiger partial charge in [-0.1, -0.05) is 32.4 Å². The minimum Gasteiger partial charge on any atom is -0.308 e. The van der Waals surface area contributed by atoms with Crippen LogP contribution in [0.25, 0.3) is 0 Å². The Morgan fingerprint density at radius 1 is 1.11 bits per heavy atom. The molecular weight excluding hydrogens is 238 g/mol. The number of hydrogen-bond donors (Lipinski definition) is 1. The van der Waals surface area contributed by atoms with Crippen molar-refractivity contribution in [1.82, 2.24) is 5.32 Å². The first-order valence-corrected chi connectivity index (χ1v) is 8.19.